The van der Waals surface area contributed by atoms with E-state index in [1.165, 1.54) is 4.90 Å². The van der Waals surface area contributed by atoms with Crippen molar-refractivity contribution in [3.63, 3.8) is 0 Å². The zero-order valence-corrected chi connectivity index (χ0v) is 20.8. The number of carbonyl (C=O) groups is 2. The number of esters is 1. The van der Waals surface area contributed by atoms with Crippen molar-refractivity contribution in [2.75, 3.05) is 4.43 Å². The summed E-state index contributed by atoms with van der Waals surface area (Å²) in [5.74, 6) is -0.488. The number of hydrogen-bond donors (Lipinski definition) is 1. The van der Waals surface area contributed by atoms with E-state index in [0.29, 0.717) is 10.8 Å². The molecule has 6 nitrogen and oxygen atoms in total. The van der Waals surface area contributed by atoms with Gasteiger partial charge in [-0.15, -0.1) is 0 Å². The third-order valence-electron chi connectivity index (χ3n) is 5.26. The van der Waals surface area contributed by atoms with Gasteiger partial charge in [0.2, 0.25) is 0 Å². The molecule has 4 atom stereocenters. The summed E-state index contributed by atoms with van der Waals surface area (Å²) >= 11 is 2.10. The quantitative estimate of drug-likeness (QED) is 0.303. The summed E-state index contributed by atoms with van der Waals surface area (Å²) in [4.78, 5) is 28.2. The molecule has 32 heavy (non-hydrogen) atoms. The first kappa shape index (κ1) is 24.5. The Labute approximate surface area is 203 Å². The zero-order valence-electron chi connectivity index (χ0n) is 18.6. The first-order valence-corrected chi connectivity index (χ1v) is 12.3. The van der Waals surface area contributed by atoms with Gasteiger partial charge in [-0.2, -0.15) is 0 Å². The fourth-order valence-corrected chi connectivity index (χ4v) is 4.28. The lowest BCUT2D eigenvalue weighted by molar-refractivity contribution is -0.175. The second-order valence-electron chi connectivity index (χ2n) is 8.91. The molecule has 0 bridgehead atoms. The van der Waals surface area contributed by atoms with Crippen LogP contribution in [0.25, 0.3) is 0 Å². The van der Waals surface area contributed by atoms with Crippen LogP contribution in [-0.4, -0.2) is 44.2 Å². The van der Waals surface area contributed by atoms with Crippen LogP contribution >= 0.6 is 22.6 Å². The molecule has 0 saturated carbocycles. The number of carbonyl (C=O) groups excluding carboxylic acids is 2. The number of cyclic esters (lactones) is 1. The van der Waals surface area contributed by atoms with Crippen molar-refractivity contribution in [2.45, 2.75) is 63.5 Å². The van der Waals surface area contributed by atoms with Gasteiger partial charge >= 0.3 is 12.1 Å². The number of ether oxygens (including phenoxy) is 2. The van der Waals surface area contributed by atoms with Crippen LogP contribution in [0, 0.1) is 0 Å². The van der Waals surface area contributed by atoms with Crippen LogP contribution in [0.2, 0.25) is 0 Å². The van der Waals surface area contributed by atoms with Gasteiger partial charge in [0.1, 0.15) is 17.7 Å². The number of hydrogen-bond acceptors (Lipinski definition) is 5. The van der Waals surface area contributed by atoms with Gasteiger partial charge in [0.25, 0.3) is 0 Å². The number of amides is 1. The number of benzene rings is 2. The molecule has 2 aromatic rings. The summed E-state index contributed by atoms with van der Waals surface area (Å²) in [6.45, 7) is 5.40. The summed E-state index contributed by atoms with van der Waals surface area (Å²) in [5.41, 5.74) is 0.918. The maximum absolute atomic E-state index is 13.5. The largest absolute Gasteiger partial charge is 0.453 e. The van der Waals surface area contributed by atoms with Crippen molar-refractivity contribution in [3.8, 4) is 0 Å². The summed E-state index contributed by atoms with van der Waals surface area (Å²) < 4.78 is 12.2. The fourth-order valence-electron chi connectivity index (χ4n) is 3.84. The molecule has 3 rings (SSSR count). The molecule has 1 N–H and O–H groups in total. The van der Waals surface area contributed by atoms with Crippen LogP contribution < -0.4 is 0 Å². The van der Waals surface area contributed by atoms with E-state index >= 15 is 0 Å². The van der Waals surface area contributed by atoms with Crippen LogP contribution in [-0.2, 0) is 14.3 Å². The molecule has 1 saturated heterocycles. The van der Waals surface area contributed by atoms with Gasteiger partial charge in [-0.3, -0.25) is 4.90 Å². The first-order chi connectivity index (χ1) is 15.2. The van der Waals surface area contributed by atoms with Gasteiger partial charge < -0.3 is 14.6 Å². The summed E-state index contributed by atoms with van der Waals surface area (Å²) in [6.07, 6.45) is -1.15. The van der Waals surface area contributed by atoms with Crippen LogP contribution in [0.3, 0.4) is 0 Å². The second kappa shape index (κ2) is 10.7. The molecule has 0 radical (unpaired) electrons. The van der Waals surface area contributed by atoms with Crippen LogP contribution in [0.4, 0.5) is 4.79 Å². The van der Waals surface area contributed by atoms with E-state index in [9.17, 15) is 14.7 Å². The molecule has 7 heteroatoms. The van der Waals surface area contributed by atoms with E-state index < -0.39 is 42.0 Å². The Bertz CT molecular complexity index is 900. The Balaban J connectivity index is 2.08. The minimum absolute atomic E-state index is 0.285. The van der Waals surface area contributed by atoms with Crippen molar-refractivity contribution in [3.05, 3.63) is 71.8 Å². The lowest BCUT2D eigenvalue weighted by atomic mass is 9.90. The van der Waals surface area contributed by atoms with Gasteiger partial charge in [-0.25, -0.2) is 9.59 Å². The average Bonchev–Trinajstić information content (AvgIpc) is 2.77. The van der Waals surface area contributed by atoms with Crippen LogP contribution in [0.15, 0.2) is 60.7 Å². The topological polar surface area (TPSA) is 76.1 Å². The molecule has 1 aliphatic heterocycles. The molecule has 0 unspecified atom stereocenters. The monoisotopic (exact) mass is 551 g/mol. The molecule has 1 fully saturated rings. The summed E-state index contributed by atoms with van der Waals surface area (Å²) in [6, 6.07) is 17.6. The third kappa shape index (κ3) is 6.01. The van der Waals surface area contributed by atoms with Gasteiger partial charge in [-0.1, -0.05) is 83.3 Å². The standard InChI is InChI=1S/C25H30INO5/c1-25(2,3)32-24(30)27-20(15-14-19(28)16-26)23(29)31-22(18-12-8-5-9-13-18)21(27)17-10-6-4-7-11-17/h4-13,19-22,28H,14-16H2,1-3H3/t19-,20-,21-,22+/m0/s1. The van der Waals surface area contributed by atoms with E-state index in [2.05, 4.69) is 22.6 Å². The van der Waals surface area contributed by atoms with Crippen molar-refractivity contribution in [1.29, 1.82) is 0 Å². The molecular weight excluding hydrogens is 521 g/mol. The predicted molar refractivity (Wildman–Crippen MR) is 130 cm³/mol. The van der Waals surface area contributed by atoms with E-state index in [4.69, 9.17) is 9.47 Å². The molecule has 0 aliphatic carbocycles. The molecule has 0 spiro atoms. The number of aliphatic hydroxyl groups is 1. The predicted octanol–water partition coefficient (Wildman–Crippen LogP) is 5.21. The number of morpholine rings is 1. The van der Waals surface area contributed by atoms with E-state index in [0.717, 1.165) is 11.1 Å². The molecule has 172 valence electrons. The number of halogens is 1. The van der Waals surface area contributed by atoms with Crippen LogP contribution in [0.1, 0.15) is 56.9 Å². The number of rotatable bonds is 6. The summed E-state index contributed by atoms with van der Waals surface area (Å²) in [5, 5.41) is 10.1. The van der Waals surface area contributed by atoms with E-state index in [1.807, 2.05) is 60.7 Å². The van der Waals surface area contributed by atoms with Gasteiger partial charge in [-0.05, 0) is 44.7 Å². The zero-order chi connectivity index (χ0) is 23.3. The number of nitrogens with zero attached hydrogens (tertiary/aromatic N) is 1. The third-order valence-corrected chi connectivity index (χ3v) is 6.28. The molecule has 0 aromatic heterocycles. The highest BCUT2D eigenvalue weighted by Gasteiger charge is 2.48. The first-order valence-electron chi connectivity index (χ1n) is 10.8. The van der Waals surface area contributed by atoms with Crippen molar-refractivity contribution in [1.82, 2.24) is 4.90 Å². The minimum atomic E-state index is -0.854. The van der Waals surface area contributed by atoms with Gasteiger partial charge in [0, 0.05) is 4.43 Å². The molecular formula is C25H30INO5. The van der Waals surface area contributed by atoms with E-state index in [-0.39, 0.29) is 6.42 Å². The van der Waals surface area contributed by atoms with Gasteiger partial charge in [0.05, 0.1) is 6.10 Å². The van der Waals surface area contributed by atoms with Crippen LogP contribution in [0.5, 0.6) is 0 Å². The maximum atomic E-state index is 13.5. The van der Waals surface area contributed by atoms with E-state index in [1.54, 1.807) is 20.8 Å². The normalized spacial score (nSPS) is 22.2. The molecule has 1 amide bonds. The van der Waals surface area contributed by atoms with Gasteiger partial charge in [0.15, 0.2) is 6.10 Å². The lowest BCUT2D eigenvalue weighted by Gasteiger charge is -2.45. The fraction of sp³-hybridized carbons (Fsp3) is 0.440. The maximum Gasteiger partial charge on any atom is 0.411 e. The Morgan fingerprint density at radius 2 is 1.66 bits per heavy atom. The number of alkyl halides is 1. The Hall–Kier alpha value is -2.13. The molecule has 1 heterocycles. The average molecular weight is 551 g/mol. The number of aliphatic hydroxyl groups excluding tert-OH is 1. The highest BCUT2D eigenvalue weighted by molar-refractivity contribution is 14.1. The summed E-state index contributed by atoms with van der Waals surface area (Å²) in [7, 11) is 0. The highest BCUT2D eigenvalue weighted by atomic mass is 127. The molecule has 1 aliphatic rings. The van der Waals surface area contributed by atoms with Crippen molar-refractivity contribution in [2.24, 2.45) is 0 Å². The Kier molecular flexibility index (Phi) is 8.16. The van der Waals surface area contributed by atoms with Crippen molar-refractivity contribution >= 4 is 34.7 Å². The Morgan fingerprint density at radius 3 is 2.19 bits per heavy atom. The second-order valence-corrected chi connectivity index (χ2v) is 9.79. The smallest absolute Gasteiger partial charge is 0.411 e. The Morgan fingerprint density at radius 1 is 1.09 bits per heavy atom. The lowest BCUT2D eigenvalue weighted by Crippen LogP contribution is -2.55. The highest BCUT2D eigenvalue weighted by Crippen LogP contribution is 2.43. The minimum Gasteiger partial charge on any atom is -0.453 e. The van der Waals surface area contributed by atoms with Crippen molar-refractivity contribution < 1.29 is 24.2 Å². The SMILES string of the molecule is CC(C)(C)OC(=O)N1[C@@H](CC[C@H](O)CI)C(=O)O[C@H](c2ccccc2)[C@@H]1c1ccccc1. The molecule has 2 aromatic carbocycles.